The van der Waals surface area contributed by atoms with E-state index in [1.54, 1.807) is 36.5 Å². The lowest BCUT2D eigenvalue weighted by atomic mass is 9.97. The number of ether oxygens (including phenoxy) is 1. The van der Waals surface area contributed by atoms with Gasteiger partial charge in [0.25, 0.3) is 11.8 Å². The van der Waals surface area contributed by atoms with E-state index in [1.165, 1.54) is 11.8 Å². The number of pyridine rings is 1. The summed E-state index contributed by atoms with van der Waals surface area (Å²) in [6.07, 6.45) is 7.63. The molecule has 1 aromatic heterocycles. The van der Waals surface area contributed by atoms with Gasteiger partial charge in [-0.15, -0.1) is 11.8 Å². The number of carbonyl (C=O) groups excluding carboxylic acids is 2. The Hall–Kier alpha value is -2.54. The van der Waals surface area contributed by atoms with E-state index in [9.17, 15) is 9.59 Å². The first-order chi connectivity index (χ1) is 13.7. The third-order valence-corrected chi connectivity index (χ3v) is 5.99. The molecule has 2 aliphatic rings. The number of hydrogen-bond acceptors (Lipinski definition) is 5. The number of benzene rings is 1. The summed E-state index contributed by atoms with van der Waals surface area (Å²) >= 11 is 1.42. The summed E-state index contributed by atoms with van der Waals surface area (Å²) in [7, 11) is 0. The maximum absolute atomic E-state index is 13.2. The van der Waals surface area contributed by atoms with Crippen LogP contribution < -0.4 is 10.1 Å². The monoisotopic (exact) mass is 397 g/mol. The first-order valence-corrected chi connectivity index (χ1v) is 10.8. The summed E-state index contributed by atoms with van der Waals surface area (Å²) in [6, 6.07) is 8.99. The second-order valence-electron chi connectivity index (χ2n) is 7.01. The Morgan fingerprint density at radius 1 is 1.29 bits per heavy atom. The van der Waals surface area contributed by atoms with Crippen LogP contribution >= 0.6 is 11.8 Å². The van der Waals surface area contributed by atoms with Gasteiger partial charge in [-0.2, -0.15) is 0 Å². The van der Waals surface area contributed by atoms with Crippen LogP contribution in [0.4, 0.5) is 5.69 Å². The van der Waals surface area contributed by atoms with Crippen molar-refractivity contribution >= 4 is 29.3 Å². The van der Waals surface area contributed by atoms with Gasteiger partial charge in [0.1, 0.15) is 10.8 Å². The van der Waals surface area contributed by atoms with E-state index in [1.807, 2.05) is 11.2 Å². The SMILES string of the molecule is CSc1ncccc1C(=O)Nc1ccc2c(c1)C(=O)N1CCCC[C@H]1CCO2. The second-order valence-corrected chi connectivity index (χ2v) is 7.81. The van der Waals surface area contributed by atoms with Gasteiger partial charge >= 0.3 is 0 Å². The molecule has 0 aliphatic carbocycles. The Morgan fingerprint density at radius 3 is 3.04 bits per heavy atom. The molecule has 2 aliphatic heterocycles. The van der Waals surface area contributed by atoms with Gasteiger partial charge in [0.15, 0.2) is 0 Å². The van der Waals surface area contributed by atoms with Gasteiger partial charge in [0.2, 0.25) is 0 Å². The number of anilines is 1. The number of nitrogens with zero attached hydrogens (tertiary/aromatic N) is 2. The number of fused-ring (bicyclic) bond motifs is 2. The van der Waals surface area contributed by atoms with Crippen molar-refractivity contribution in [3.8, 4) is 5.75 Å². The molecule has 4 rings (SSSR count). The highest BCUT2D eigenvalue weighted by Crippen LogP contribution is 2.31. The van der Waals surface area contributed by atoms with Crippen LogP contribution in [0.15, 0.2) is 41.6 Å². The minimum atomic E-state index is -0.243. The molecule has 2 amide bonds. The smallest absolute Gasteiger partial charge is 0.258 e. The lowest BCUT2D eigenvalue weighted by molar-refractivity contribution is 0.0548. The molecule has 0 unspecified atom stereocenters. The first kappa shape index (κ1) is 18.8. The molecule has 1 N–H and O–H groups in total. The van der Waals surface area contributed by atoms with E-state index >= 15 is 0 Å². The summed E-state index contributed by atoms with van der Waals surface area (Å²) in [6.45, 7) is 1.38. The summed E-state index contributed by atoms with van der Waals surface area (Å²) in [4.78, 5) is 32.1. The van der Waals surface area contributed by atoms with E-state index in [4.69, 9.17) is 4.74 Å². The van der Waals surface area contributed by atoms with Crippen molar-refractivity contribution in [2.75, 3.05) is 24.7 Å². The molecule has 1 saturated heterocycles. The molecule has 6 nitrogen and oxygen atoms in total. The molecule has 2 aromatic rings. The maximum Gasteiger partial charge on any atom is 0.258 e. The van der Waals surface area contributed by atoms with Crippen molar-refractivity contribution in [3.63, 3.8) is 0 Å². The molecule has 1 atom stereocenters. The van der Waals surface area contributed by atoms with Gasteiger partial charge in [-0.05, 0) is 55.9 Å². The average molecular weight is 398 g/mol. The first-order valence-electron chi connectivity index (χ1n) is 9.55. The number of amides is 2. The fraction of sp³-hybridized carbons (Fsp3) is 0.381. The predicted octanol–water partition coefficient (Wildman–Crippen LogP) is 3.83. The summed E-state index contributed by atoms with van der Waals surface area (Å²) in [5, 5.41) is 3.56. The minimum Gasteiger partial charge on any atom is -0.493 e. The van der Waals surface area contributed by atoms with E-state index in [0.717, 1.165) is 32.2 Å². The third kappa shape index (κ3) is 3.71. The molecule has 28 heavy (non-hydrogen) atoms. The highest BCUT2D eigenvalue weighted by molar-refractivity contribution is 7.98. The Kier molecular flexibility index (Phi) is 5.52. The topological polar surface area (TPSA) is 71.5 Å². The number of piperidine rings is 1. The van der Waals surface area contributed by atoms with Crippen LogP contribution in [0.3, 0.4) is 0 Å². The summed E-state index contributed by atoms with van der Waals surface area (Å²) in [5.74, 6) is 0.326. The zero-order valence-electron chi connectivity index (χ0n) is 15.8. The molecule has 7 heteroatoms. The maximum atomic E-state index is 13.2. The lowest BCUT2D eigenvalue weighted by Gasteiger charge is -2.37. The standard InChI is InChI=1S/C21H23N3O3S/c1-28-20-16(6-4-10-22-20)19(25)23-14-7-8-18-17(13-14)21(26)24-11-3-2-5-15(24)9-12-27-18/h4,6-8,10,13,15H,2-3,5,9,11-12H2,1H3,(H,23,25)/t15-/m0/s1. The quantitative estimate of drug-likeness (QED) is 0.797. The molecule has 0 bridgehead atoms. The van der Waals surface area contributed by atoms with E-state index in [2.05, 4.69) is 10.3 Å². The molecular formula is C21H23N3O3S. The Bertz CT molecular complexity index is 902. The fourth-order valence-corrected chi connectivity index (χ4v) is 4.40. The zero-order chi connectivity index (χ0) is 19.5. The van der Waals surface area contributed by atoms with Crippen molar-refractivity contribution in [2.45, 2.75) is 36.8 Å². The van der Waals surface area contributed by atoms with Crippen molar-refractivity contribution < 1.29 is 14.3 Å². The molecule has 146 valence electrons. The van der Waals surface area contributed by atoms with Crippen LogP contribution in [0.2, 0.25) is 0 Å². The van der Waals surface area contributed by atoms with Gasteiger partial charge in [0, 0.05) is 30.9 Å². The Balaban J connectivity index is 1.61. The second kappa shape index (κ2) is 8.22. The lowest BCUT2D eigenvalue weighted by Crippen LogP contribution is -2.45. The van der Waals surface area contributed by atoms with Gasteiger partial charge in [-0.3, -0.25) is 9.59 Å². The van der Waals surface area contributed by atoms with E-state index in [-0.39, 0.29) is 17.9 Å². The highest BCUT2D eigenvalue weighted by Gasteiger charge is 2.31. The summed E-state index contributed by atoms with van der Waals surface area (Å²) in [5.41, 5.74) is 1.60. The zero-order valence-corrected chi connectivity index (χ0v) is 16.6. The Morgan fingerprint density at radius 2 is 2.18 bits per heavy atom. The van der Waals surface area contributed by atoms with Gasteiger partial charge in [0.05, 0.1) is 17.7 Å². The van der Waals surface area contributed by atoms with Crippen LogP contribution in [0.1, 0.15) is 46.4 Å². The predicted molar refractivity (Wildman–Crippen MR) is 109 cm³/mol. The molecule has 0 saturated carbocycles. The van der Waals surface area contributed by atoms with Crippen LogP contribution in [-0.2, 0) is 0 Å². The van der Waals surface area contributed by atoms with Crippen LogP contribution in [-0.4, -0.2) is 47.1 Å². The number of carbonyl (C=O) groups is 2. The van der Waals surface area contributed by atoms with Crippen molar-refractivity contribution in [1.29, 1.82) is 0 Å². The molecule has 1 aromatic carbocycles. The number of aromatic nitrogens is 1. The summed E-state index contributed by atoms with van der Waals surface area (Å²) < 4.78 is 5.86. The Labute approximate surface area is 168 Å². The number of nitrogens with one attached hydrogen (secondary N) is 1. The van der Waals surface area contributed by atoms with Crippen molar-refractivity contribution in [3.05, 3.63) is 47.7 Å². The largest absolute Gasteiger partial charge is 0.493 e. The third-order valence-electron chi connectivity index (χ3n) is 5.27. The molecule has 0 radical (unpaired) electrons. The van der Waals surface area contributed by atoms with Gasteiger partial charge in [-0.25, -0.2) is 4.98 Å². The van der Waals surface area contributed by atoms with Gasteiger partial charge in [-0.1, -0.05) is 0 Å². The normalized spacial score (nSPS) is 19.0. The van der Waals surface area contributed by atoms with E-state index in [0.29, 0.717) is 34.2 Å². The van der Waals surface area contributed by atoms with Crippen LogP contribution in [0.25, 0.3) is 0 Å². The average Bonchev–Trinajstić information content (AvgIpc) is 2.73. The van der Waals surface area contributed by atoms with Crippen LogP contribution in [0.5, 0.6) is 5.75 Å². The number of thioether (sulfide) groups is 1. The van der Waals surface area contributed by atoms with Crippen molar-refractivity contribution in [1.82, 2.24) is 9.88 Å². The fourth-order valence-electron chi connectivity index (χ4n) is 3.85. The van der Waals surface area contributed by atoms with Crippen molar-refractivity contribution in [2.24, 2.45) is 0 Å². The van der Waals surface area contributed by atoms with Gasteiger partial charge < -0.3 is 15.0 Å². The molecular weight excluding hydrogens is 374 g/mol. The molecule has 3 heterocycles. The molecule has 1 fully saturated rings. The van der Waals surface area contributed by atoms with E-state index < -0.39 is 0 Å². The highest BCUT2D eigenvalue weighted by atomic mass is 32.2. The van der Waals surface area contributed by atoms with Crippen LogP contribution in [0, 0.1) is 0 Å². The number of hydrogen-bond donors (Lipinski definition) is 1. The molecule has 0 spiro atoms. The number of rotatable bonds is 3. The minimum absolute atomic E-state index is 0.0123.